The summed E-state index contributed by atoms with van der Waals surface area (Å²) in [7, 11) is 0. The minimum Gasteiger partial charge on any atom is -0.370 e. The third-order valence-electron chi connectivity index (χ3n) is 4.80. The third kappa shape index (κ3) is 5.50. The molecule has 0 radical (unpaired) electrons. The molecule has 2 heterocycles. The molecule has 0 atom stereocenters. The number of benzene rings is 1. The Morgan fingerprint density at radius 3 is 2.56 bits per heavy atom. The number of amides is 1. The summed E-state index contributed by atoms with van der Waals surface area (Å²) >= 11 is 0. The fraction of sp³-hybridized carbons (Fsp3) is 0.476. The van der Waals surface area contributed by atoms with Gasteiger partial charge in [-0.05, 0) is 18.9 Å². The molecule has 1 aliphatic rings. The average molecular weight is 367 g/mol. The van der Waals surface area contributed by atoms with Crippen LogP contribution in [0.4, 0.5) is 5.82 Å². The lowest BCUT2D eigenvalue weighted by Gasteiger charge is -2.34. The van der Waals surface area contributed by atoms with Crippen molar-refractivity contribution in [2.24, 2.45) is 0 Å². The van der Waals surface area contributed by atoms with Crippen LogP contribution in [-0.4, -0.2) is 58.4 Å². The number of unbranched alkanes of at least 4 members (excludes halogenated alkanes) is 1. The highest BCUT2D eigenvalue weighted by Crippen LogP contribution is 2.13. The molecule has 0 aliphatic carbocycles. The quantitative estimate of drug-likeness (QED) is 0.763. The lowest BCUT2D eigenvalue weighted by atomic mass is 10.2. The molecule has 0 unspecified atom stereocenters. The number of aryl methyl sites for hydroxylation is 1. The number of nitrogens with zero attached hydrogens (tertiary/aromatic N) is 4. The van der Waals surface area contributed by atoms with Crippen molar-refractivity contribution in [3.63, 3.8) is 0 Å². The summed E-state index contributed by atoms with van der Waals surface area (Å²) in [5, 5.41) is 3.29. The Bertz CT molecular complexity index is 741. The van der Waals surface area contributed by atoms with Crippen LogP contribution in [0.1, 0.15) is 41.6 Å². The maximum atomic E-state index is 12.9. The number of rotatable bonds is 7. The van der Waals surface area contributed by atoms with E-state index in [1.54, 1.807) is 6.07 Å². The Balaban J connectivity index is 1.57. The van der Waals surface area contributed by atoms with E-state index in [2.05, 4.69) is 51.4 Å². The predicted octanol–water partition coefficient (Wildman–Crippen LogP) is 2.96. The highest BCUT2D eigenvalue weighted by Gasteiger charge is 2.23. The van der Waals surface area contributed by atoms with Gasteiger partial charge in [-0.2, -0.15) is 0 Å². The van der Waals surface area contributed by atoms with E-state index in [9.17, 15) is 4.79 Å². The Labute approximate surface area is 161 Å². The number of piperazine rings is 1. The number of carbonyl (C=O) groups excluding carboxylic acids is 1. The second kappa shape index (κ2) is 9.46. The molecule has 3 rings (SSSR count). The minimum absolute atomic E-state index is 0.00148. The van der Waals surface area contributed by atoms with Crippen LogP contribution in [0.25, 0.3) is 0 Å². The van der Waals surface area contributed by atoms with Crippen molar-refractivity contribution >= 4 is 11.7 Å². The summed E-state index contributed by atoms with van der Waals surface area (Å²) in [6.07, 6.45) is 2.20. The predicted molar refractivity (Wildman–Crippen MR) is 108 cm³/mol. The molecule has 6 heteroatoms. The Morgan fingerprint density at radius 1 is 1.11 bits per heavy atom. The Morgan fingerprint density at radius 2 is 1.85 bits per heavy atom. The van der Waals surface area contributed by atoms with Gasteiger partial charge in [-0.3, -0.25) is 9.69 Å². The van der Waals surface area contributed by atoms with Gasteiger partial charge in [0.2, 0.25) is 0 Å². The highest BCUT2D eigenvalue weighted by atomic mass is 16.2. The SMILES string of the molecule is CCCCNc1cc(C(=O)N2CCN(Cc3ccccc3)CC2)nc(C)n1. The van der Waals surface area contributed by atoms with Gasteiger partial charge in [0.05, 0.1) is 0 Å². The number of anilines is 1. The monoisotopic (exact) mass is 367 g/mol. The second-order valence-corrected chi connectivity index (χ2v) is 7.02. The maximum Gasteiger partial charge on any atom is 0.272 e. The molecule has 1 aliphatic heterocycles. The molecule has 2 aromatic rings. The van der Waals surface area contributed by atoms with Gasteiger partial charge in [-0.1, -0.05) is 43.7 Å². The lowest BCUT2D eigenvalue weighted by molar-refractivity contribution is 0.0622. The van der Waals surface area contributed by atoms with E-state index >= 15 is 0 Å². The first kappa shape index (κ1) is 19.3. The maximum absolute atomic E-state index is 12.9. The first-order chi connectivity index (χ1) is 13.2. The van der Waals surface area contributed by atoms with E-state index in [0.29, 0.717) is 11.5 Å². The first-order valence-corrected chi connectivity index (χ1v) is 9.81. The molecule has 0 saturated carbocycles. The lowest BCUT2D eigenvalue weighted by Crippen LogP contribution is -2.48. The van der Waals surface area contributed by atoms with E-state index in [-0.39, 0.29) is 5.91 Å². The van der Waals surface area contributed by atoms with Gasteiger partial charge < -0.3 is 10.2 Å². The molecule has 1 aromatic heterocycles. The molecule has 27 heavy (non-hydrogen) atoms. The van der Waals surface area contributed by atoms with Crippen molar-refractivity contribution in [1.29, 1.82) is 0 Å². The number of aromatic nitrogens is 2. The van der Waals surface area contributed by atoms with Crippen molar-refractivity contribution in [3.8, 4) is 0 Å². The molecule has 0 bridgehead atoms. The summed E-state index contributed by atoms with van der Waals surface area (Å²) in [6, 6.07) is 12.2. The van der Waals surface area contributed by atoms with E-state index < -0.39 is 0 Å². The smallest absolute Gasteiger partial charge is 0.272 e. The van der Waals surface area contributed by atoms with Gasteiger partial charge in [-0.25, -0.2) is 9.97 Å². The van der Waals surface area contributed by atoms with Gasteiger partial charge in [-0.15, -0.1) is 0 Å². The van der Waals surface area contributed by atoms with Crippen LogP contribution in [0.5, 0.6) is 0 Å². The minimum atomic E-state index is -0.00148. The molecule has 1 amide bonds. The van der Waals surface area contributed by atoms with Crippen molar-refractivity contribution < 1.29 is 4.79 Å². The summed E-state index contributed by atoms with van der Waals surface area (Å²) in [4.78, 5) is 25.9. The summed E-state index contributed by atoms with van der Waals surface area (Å²) < 4.78 is 0. The highest BCUT2D eigenvalue weighted by molar-refractivity contribution is 5.93. The molecular weight excluding hydrogens is 338 g/mol. The summed E-state index contributed by atoms with van der Waals surface area (Å²) in [6.45, 7) is 9.00. The normalized spacial score (nSPS) is 15.0. The second-order valence-electron chi connectivity index (χ2n) is 7.02. The number of carbonyl (C=O) groups is 1. The van der Waals surface area contributed by atoms with E-state index in [0.717, 1.165) is 57.9 Å². The largest absolute Gasteiger partial charge is 0.370 e. The third-order valence-corrected chi connectivity index (χ3v) is 4.80. The van der Waals surface area contributed by atoms with Crippen LogP contribution in [-0.2, 0) is 6.54 Å². The topological polar surface area (TPSA) is 61.4 Å². The standard InChI is InChI=1S/C21H29N5O/c1-3-4-10-22-20-15-19(23-17(2)24-20)21(27)26-13-11-25(12-14-26)16-18-8-6-5-7-9-18/h5-9,15H,3-4,10-14,16H2,1-2H3,(H,22,23,24). The first-order valence-electron chi connectivity index (χ1n) is 9.81. The van der Waals surface area contributed by atoms with Crippen LogP contribution >= 0.6 is 0 Å². The summed E-state index contributed by atoms with van der Waals surface area (Å²) in [5.41, 5.74) is 1.80. The van der Waals surface area contributed by atoms with Crippen molar-refractivity contribution in [1.82, 2.24) is 19.8 Å². The molecule has 144 valence electrons. The van der Waals surface area contributed by atoms with Gasteiger partial charge in [0.1, 0.15) is 17.3 Å². The number of hydrogen-bond acceptors (Lipinski definition) is 5. The number of nitrogens with one attached hydrogen (secondary N) is 1. The molecule has 6 nitrogen and oxygen atoms in total. The van der Waals surface area contributed by atoms with Gasteiger partial charge in [0, 0.05) is 45.3 Å². The fourth-order valence-corrected chi connectivity index (χ4v) is 3.27. The molecule has 1 fully saturated rings. The van der Waals surface area contributed by atoms with Crippen molar-refractivity contribution in [3.05, 3.63) is 53.5 Å². The number of hydrogen-bond donors (Lipinski definition) is 1. The van der Waals surface area contributed by atoms with Gasteiger partial charge >= 0.3 is 0 Å². The van der Waals surface area contributed by atoms with Crippen molar-refractivity contribution in [2.75, 3.05) is 38.0 Å². The molecule has 0 spiro atoms. The van der Waals surface area contributed by atoms with Crippen LogP contribution in [0, 0.1) is 6.92 Å². The van der Waals surface area contributed by atoms with E-state index in [1.165, 1.54) is 5.56 Å². The molecule has 1 N–H and O–H groups in total. The zero-order valence-corrected chi connectivity index (χ0v) is 16.3. The van der Waals surface area contributed by atoms with E-state index in [4.69, 9.17) is 0 Å². The van der Waals surface area contributed by atoms with Gasteiger partial charge in [0.15, 0.2) is 0 Å². The van der Waals surface area contributed by atoms with Crippen molar-refractivity contribution in [2.45, 2.75) is 33.2 Å². The van der Waals surface area contributed by atoms with Gasteiger partial charge in [0.25, 0.3) is 5.91 Å². The Hall–Kier alpha value is -2.47. The zero-order chi connectivity index (χ0) is 19.1. The molecule has 1 aromatic carbocycles. The van der Waals surface area contributed by atoms with Crippen LogP contribution in [0.2, 0.25) is 0 Å². The zero-order valence-electron chi connectivity index (χ0n) is 16.3. The van der Waals surface area contributed by atoms with Crippen LogP contribution in [0.15, 0.2) is 36.4 Å². The Kier molecular flexibility index (Phi) is 6.76. The average Bonchev–Trinajstić information content (AvgIpc) is 2.69. The van der Waals surface area contributed by atoms with E-state index in [1.807, 2.05) is 17.9 Å². The summed E-state index contributed by atoms with van der Waals surface area (Å²) in [5.74, 6) is 1.36. The van der Waals surface area contributed by atoms with Crippen LogP contribution in [0.3, 0.4) is 0 Å². The molecular formula is C21H29N5O. The fourth-order valence-electron chi connectivity index (χ4n) is 3.27. The van der Waals surface area contributed by atoms with Crippen LogP contribution < -0.4 is 5.32 Å². The molecule has 1 saturated heterocycles.